The Bertz CT molecular complexity index is 554. The van der Waals surface area contributed by atoms with Gasteiger partial charge in [0.15, 0.2) is 0 Å². The number of hydrogen-bond donors (Lipinski definition) is 2. The van der Waals surface area contributed by atoms with Crippen molar-refractivity contribution in [1.29, 1.82) is 0 Å². The Morgan fingerprint density at radius 3 is 2.32 bits per heavy atom. The van der Waals surface area contributed by atoms with Crippen LogP contribution in [0.2, 0.25) is 0 Å². The summed E-state index contributed by atoms with van der Waals surface area (Å²) in [6, 6.07) is 4.26. The van der Waals surface area contributed by atoms with Gasteiger partial charge in [-0.3, -0.25) is 9.59 Å². The first-order chi connectivity index (χ1) is 10.3. The van der Waals surface area contributed by atoms with E-state index in [-0.39, 0.29) is 18.4 Å². The second kappa shape index (κ2) is 6.37. The van der Waals surface area contributed by atoms with Crippen molar-refractivity contribution in [3.8, 4) is 0 Å². The third-order valence-corrected chi connectivity index (χ3v) is 3.79. The van der Waals surface area contributed by atoms with Crippen molar-refractivity contribution < 1.29 is 27.9 Å². The van der Waals surface area contributed by atoms with Crippen molar-refractivity contribution in [2.75, 3.05) is 0 Å². The van der Waals surface area contributed by atoms with E-state index in [1.807, 2.05) is 0 Å². The smallest absolute Gasteiger partial charge is 0.416 e. The van der Waals surface area contributed by atoms with E-state index in [0.29, 0.717) is 24.8 Å². The van der Waals surface area contributed by atoms with Gasteiger partial charge >= 0.3 is 12.1 Å². The zero-order valence-electron chi connectivity index (χ0n) is 11.7. The Morgan fingerprint density at radius 1 is 1.18 bits per heavy atom. The summed E-state index contributed by atoms with van der Waals surface area (Å²) in [7, 11) is 0. The highest BCUT2D eigenvalue weighted by molar-refractivity contribution is 5.79. The minimum Gasteiger partial charge on any atom is -0.481 e. The summed E-state index contributed by atoms with van der Waals surface area (Å²) in [5.74, 6) is -1.60. The molecule has 2 atom stereocenters. The molecule has 1 aromatic carbocycles. The lowest BCUT2D eigenvalue weighted by Gasteiger charge is -2.13. The number of halogens is 3. The summed E-state index contributed by atoms with van der Waals surface area (Å²) < 4.78 is 37.3. The van der Waals surface area contributed by atoms with E-state index in [1.165, 1.54) is 12.1 Å². The van der Waals surface area contributed by atoms with E-state index in [2.05, 4.69) is 5.32 Å². The van der Waals surface area contributed by atoms with Crippen LogP contribution in [0.25, 0.3) is 0 Å². The van der Waals surface area contributed by atoms with E-state index in [0.717, 1.165) is 12.1 Å². The van der Waals surface area contributed by atoms with Crippen molar-refractivity contribution in [3.63, 3.8) is 0 Å². The molecule has 1 saturated carbocycles. The van der Waals surface area contributed by atoms with Crippen molar-refractivity contribution >= 4 is 11.9 Å². The number of benzene rings is 1. The number of aliphatic carboxylic acids is 1. The number of carbonyl (C=O) groups is 2. The fourth-order valence-corrected chi connectivity index (χ4v) is 2.61. The molecular formula is C15H16F3NO3. The van der Waals surface area contributed by atoms with Crippen LogP contribution in [0.5, 0.6) is 0 Å². The summed E-state index contributed by atoms with van der Waals surface area (Å²) in [6.07, 6.45) is -2.88. The number of carboxylic acids is 1. The molecule has 120 valence electrons. The topological polar surface area (TPSA) is 66.4 Å². The zero-order valence-corrected chi connectivity index (χ0v) is 11.7. The van der Waals surface area contributed by atoms with Gasteiger partial charge in [-0.25, -0.2) is 0 Å². The Kier molecular flexibility index (Phi) is 4.73. The Labute approximate surface area is 125 Å². The van der Waals surface area contributed by atoms with Gasteiger partial charge in [-0.15, -0.1) is 0 Å². The fourth-order valence-electron chi connectivity index (χ4n) is 2.61. The molecule has 0 radical (unpaired) electrons. The van der Waals surface area contributed by atoms with Crippen LogP contribution in [0, 0.1) is 5.92 Å². The van der Waals surface area contributed by atoms with Crippen molar-refractivity contribution in [3.05, 3.63) is 35.4 Å². The van der Waals surface area contributed by atoms with Gasteiger partial charge in [0.25, 0.3) is 0 Å². The molecule has 0 spiro atoms. The molecule has 0 aliphatic heterocycles. The number of rotatable bonds is 4. The number of hydrogen-bond acceptors (Lipinski definition) is 2. The summed E-state index contributed by atoms with van der Waals surface area (Å²) >= 11 is 0. The Balaban J connectivity index is 1.86. The average Bonchev–Trinajstić information content (AvgIpc) is 2.86. The van der Waals surface area contributed by atoms with Crippen LogP contribution in [0.4, 0.5) is 13.2 Å². The third kappa shape index (κ3) is 4.22. The first kappa shape index (κ1) is 16.3. The Morgan fingerprint density at radius 2 is 1.82 bits per heavy atom. The highest BCUT2D eigenvalue weighted by Gasteiger charge is 2.31. The van der Waals surface area contributed by atoms with Crippen molar-refractivity contribution in [1.82, 2.24) is 5.32 Å². The van der Waals surface area contributed by atoms with Crippen LogP contribution in [0.1, 0.15) is 30.4 Å². The molecule has 7 heteroatoms. The minimum absolute atomic E-state index is 0.0215. The molecule has 1 aliphatic rings. The van der Waals surface area contributed by atoms with Crippen molar-refractivity contribution in [2.45, 2.75) is 37.9 Å². The number of amides is 1. The molecule has 0 saturated heterocycles. The van der Waals surface area contributed by atoms with Gasteiger partial charge in [0.1, 0.15) is 0 Å². The summed E-state index contributed by atoms with van der Waals surface area (Å²) in [4.78, 5) is 22.7. The maximum absolute atomic E-state index is 12.4. The van der Waals surface area contributed by atoms with E-state index in [9.17, 15) is 22.8 Å². The summed E-state index contributed by atoms with van der Waals surface area (Å²) in [5, 5.41) is 11.6. The first-order valence-corrected chi connectivity index (χ1v) is 6.94. The van der Waals surface area contributed by atoms with E-state index in [4.69, 9.17) is 5.11 Å². The van der Waals surface area contributed by atoms with E-state index >= 15 is 0 Å². The van der Waals surface area contributed by atoms with E-state index in [1.54, 1.807) is 0 Å². The van der Waals surface area contributed by atoms with Crippen LogP contribution in [0.15, 0.2) is 24.3 Å². The lowest BCUT2D eigenvalue weighted by atomic mass is 10.1. The third-order valence-electron chi connectivity index (χ3n) is 3.79. The summed E-state index contributed by atoms with van der Waals surface area (Å²) in [5.41, 5.74) is -0.268. The molecule has 0 unspecified atom stereocenters. The molecule has 1 aromatic rings. The zero-order chi connectivity index (χ0) is 16.3. The van der Waals surface area contributed by atoms with Crippen LogP contribution in [-0.4, -0.2) is 23.0 Å². The van der Waals surface area contributed by atoms with E-state index < -0.39 is 23.6 Å². The molecule has 0 heterocycles. The monoisotopic (exact) mass is 315 g/mol. The highest BCUT2D eigenvalue weighted by Crippen LogP contribution is 2.29. The molecule has 4 nitrogen and oxygen atoms in total. The average molecular weight is 315 g/mol. The van der Waals surface area contributed by atoms with Crippen LogP contribution >= 0.6 is 0 Å². The van der Waals surface area contributed by atoms with Crippen LogP contribution in [-0.2, 0) is 22.2 Å². The number of nitrogens with one attached hydrogen (secondary N) is 1. The van der Waals surface area contributed by atoms with Crippen LogP contribution < -0.4 is 5.32 Å². The first-order valence-electron chi connectivity index (χ1n) is 6.94. The molecule has 1 fully saturated rings. The van der Waals surface area contributed by atoms with Crippen LogP contribution in [0.3, 0.4) is 0 Å². The maximum Gasteiger partial charge on any atom is 0.416 e. The second-order valence-corrected chi connectivity index (χ2v) is 5.48. The van der Waals surface area contributed by atoms with Gasteiger partial charge < -0.3 is 10.4 Å². The lowest BCUT2D eigenvalue weighted by molar-refractivity contribution is -0.141. The minimum atomic E-state index is -4.39. The van der Waals surface area contributed by atoms with Gasteiger partial charge in [-0.05, 0) is 37.0 Å². The second-order valence-electron chi connectivity index (χ2n) is 5.48. The molecule has 22 heavy (non-hydrogen) atoms. The number of carboxylic acid groups (broad SMARTS) is 1. The largest absolute Gasteiger partial charge is 0.481 e. The highest BCUT2D eigenvalue weighted by atomic mass is 19.4. The number of carbonyl (C=O) groups excluding carboxylic acids is 1. The molecule has 2 rings (SSSR count). The SMILES string of the molecule is O=C(Cc1ccc(C(F)(F)F)cc1)N[C@@H]1CC[C@H](C(=O)O)C1. The molecule has 1 aliphatic carbocycles. The molecule has 2 N–H and O–H groups in total. The molecule has 0 aromatic heterocycles. The normalized spacial score (nSPS) is 21.6. The predicted octanol–water partition coefficient (Wildman–Crippen LogP) is 2.62. The van der Waals surface area contributed by atoms with Gasteiger partial charge in [-0.2, -0.15) is 13.2 Å². The van der Waals surface area contributed by atoms with Gasteiger partial charge in [-0.1, -0.05) is 12.1 Å². The molecule has 0 bridgehead atoms. The Hall–Kier alpha value is -2.05. The quantitative estimate of drug-likeness (QED) is 0.897. The van der Waals surface area contributed by atoms with Gasteiger partial charge in [0, 0.05) is 6.04 Å². The van der Waals surface area contributed by atoms with Gasteiger partial charge in [0.2, 0.25) is 5.91 Å². The fraction of sp³-hybridized carbons (Fsp3) is 0.467. The maximum atomic E-state index is 12.4. The summed E-state index contributed by atoms with van der Waals surface area (Å²) in [6.45, 7) is 0. The number of alkyl halides is 3. The molecule has 1 amide bonds. The van der Waals surface area contributed by atoms with Gasteiger partial charge in [0.05, 0.1) is 17.9 Å². The molecular weight excluding hydrogens is 299 g/mol. The van der Waals surface area contributed by atoms with Crippen molar-refractivity contribution in [2.24, 2.45) is 5.92 Å². The predicted molar refractivity (Wildman–Crippen MR) is 72.1 cm³/mol. The lowest BCUT2D eigenvalue weighted by Crippen LogP contribution is -2.34. The standard InChI is InChI=1S/C15H16F3NO3/c16-15(17,18)11-4-1-9(2-5-11)7-13(20)19-12-6-3-10(8-12)14(21)22/h1-2,4-5,10,12H,3,6-8H2,(H,19,20)(H,21,22)/t10-,12+/m0/s1.